The van der Waals surface area contributed by atoms with Crippen molar-refractivity contribution in [3.8, 4) is 0 Å². The predicted molar refractivity (Wildman–Crippen MR) is 68.5 cm³/mol. The van der Waals surface area contributed by atoms with E-state index in [0.717, 1.165) is 29.1 Å². The average Bonchev–Trinajstić information content (AvgIpc) is 2.67. The molecule has 5 nitrogen and oxygen atoms in total. The lowest BCUT2D eigenvalue weighted by Crippen LogP contribution is -2.23. The summed E-state index contributed by atoms with van der Waals surface area (Å²) < 4.78 is 39.2. The quantitative estimate of drug-likeness (QED) is 0.895. The number of sulfonamides is 1. The van der Waals surface area contributed by atoms with E-state index in [0.29, 0.717) is 0 Å². The first kappa shape index (κ1) is 13.7. The zero-order valence-electron chi connectivity index (χ0n) is 10.6. The van der Waals surface area contributed by atoms with E-state index in [2.05, 4.69) is 14.9 Å². The van der Waals surface area contributed by atoms with Crippen molar-refractivity contribution in [1.82, 2.24) is 14.9 Å². The molecular formula is C12H14FN3O2S. The van der Waals surface area contributed by atoms with Gasteiger partial charge in [0.1, 0.15) is 5.82 Å². The molecule has 0 spiro atoms. The largest absolute Gasteiger partial charge is 0.282 e. The van der Waals surface area contributed by atoms with Crippen LogP contribution < -0.4 is 4.72 Å². The molecule has 0 saturated heterocycles. The second kappa shape index (κ2) is 5.10. The van der Waals surface area contributed by atoms with Crippen LogP contribution >= 0.6 is 0 Å². The van der Waals surface area contributed by atoms with Gasteiger partial charge in [-0.2, -0.15) is 5.10 Å². The highest BCUT2D eigenvalue weighted by molar-refractivity contribution is 7.89. The first-order valence-corrected chi connectivity index (χ1v) is 7.14. The summed E-state index contributed by atoms with van der Waals surface area (Å²) in [5.41, 5.74) is 2.38. The minimum Gasteiger partial charge on any atom is -0.282 e. The van der Waals surface area contributed by atoms with Crippen LogP contribution in [-0.2, 0) is 16.6 Å². The molecule has 0 atom stereocenters. The molecule has 1 aromatic carbocycles. The number of benzene rings is 1. The Labute approximate surface area is 110 Å². The number of aromatic amines is 1. The van der Waals surface area contributed by atoms with Crippen molar-refractivity contribution in [3.05, 3.63) is 47.0 Å². The van der Waals surface area contributed by atoms with Crippen molar-refractivity contribution in [3.63, 3.8) is 0 Å². The Morgan fingerprint density at radius 1 is 1.26 bits per heavy atom. The fourth-order valence-electron chi connectivity index (χ4n) is 1.70. The molecule has 0 bridgehead atoms. The number of rotatable bonds is 4. The Kier molecular flexibility index (Phi) is 3.68. The Morgan fingerprint density at radius 2 is 1.89 bits per heavy atom. The van der Waals surface area contributed by atoms with Gasteiger partial charge in [-0.15, -0.1) is 0 Å². The highest BCUT2D eigenvalue weighted by Gasteiger charge is 2.15. The molecule has 1 aromatic heterocycles. The van der Waals surface area contributed by atoms with Crippen LogP contribution in [0.25, 0.3) is 0 Å². The van der Waals surface area contributed by atoms with Crippen molar-refractivity contribution < 1.29 is 12.8 Å². The maximum Gasteiger partial charge on any atom is 0.240 e. The number of nitrogens with one attached hydrogen (secondary N) is 2. The molecule has 19 heavy (non-hydrogen) atoms. The van der Waals surface area contributed by atoms with Gasteiger partial charge >= 0.3 is 0 Å². The number of halogens is 1. The van der Waals surface area contributed by atoms with Crippen molar-refractivity contribution >= 4 is 10.0 Å². The fourth-order valence-corrected chi connectivity index (χ4v) is 2.69. The van der Waals surface area contributed by atoms with Gasteiger partial charge in [-0.1, -0.05) is 0 Å². The lowest BCUT2D eigenvalue weighted by molar-refractivity contribution is 0.580. The van der Waals surface area contributed by atoms with Gasteiger partial charge in [-0.05, 0) is 38.1 Å². The Morgan fingerprint density at radius 3 is 2.42 bits per heavy atom. The lowest BCUT2D eigenvalue weighted by Gasteiger charge is -2.07. The van der Waals surface area contributed by atoms with Crippen LogP contribution in [0.5, 0.6) is 0 Å². The molecule has 2 rings (SSSR count). The molecule has 0 unspecified atom stereocenters. The highest BCUT2D eigenvalue weighted by Crippen LogP contribution is 2.13. The molecule has 0 amide bonds. The van der Waals surface area contributed by atoms with Gasteiger partial charge in [0.05, 0.1) is 10.6 Å². The van der Waals surface area contributed by atoms with Crippen LogP contribution in [0.3, 0.4) is 0 Å². The number of hydrogen-bond acceptors (Lipinski definition) is 3. The summed E-state index contributed by atoms with van der Waals surface area (Å²) in [5.74, 6) is -0.472. The topological polar surface area (TPSA) is 74.8 Å². The van der Waals surface area contributed by atoms with Gasteiger partial charge in [0.2, 0.25) is 10.0 Å². The van der Waals surface area contributed by atoms with Gasteiger partial charge in [0.15, 0.2) is 0 Å². The van der Waals surface area contributed by atoms with E-state index in [-0.39, 0.29) is 11.4 Å². The molecule has 0 aliphatic carbocycles. The van der Waals surface area contributed by atoms with E-state index in [9.17, 15) is 12.8 Å². The molecule has 0 aliphatic heterocycles. The average molecular weight is 283 g/mol. The minimum atomic E-state index is -3.64. The maximum atomic E-state index is 12.8. The minimum absolute atomic E-state index is 0.0349. The van der Waals surface area contributed by atoms with Gasteiger partial charge in [0, 0.05) is 17.8 Å². The van der Waals surface area contributed by atoms with Crippen LogP contribution in [0.15, 0.2) is 29.2 Å². The summed E-state index contributed by atoms with van der Waals surface area (Å²) in [5, 5.41) is 6.78. The summed E-state index contributed by atoms with van der Waals surface area (Å²) in [6, 6.07) is 4.69. The third-order valence-corrected chi connectivity index (χ3v) is 4.26. The second-order valence-corrected chi connectivity index (χ2v) is 5.96. The Balaban J connectivity index is 2.16. The SMILES string of the molecule is Cc1n[nH]c(C)c1CNS(=O)(=O)c1ccc(F)cc1. The highest BCUT2D eigenvalue weighted by atomic mass is 32.2. The van der Waals surface area contributed by atoms with E-state index in [4.69, 9.17) is 0 Å². The smallest absolute Gasteiger partial charge is 0.240 e. The molecule has 0 fully saturated rings. The molecule has 0 radical (unpaired) electrons. The summed E-state index contributed by atoms with van der Waals surface area (Å²) in [6.45, 7) is 3.76. The summed E-state index contributed by atoms with van der Waals surface area (Å²) in [4.78, 5) is 0.0349. The lowest BCUT2D eigenvalue weighted by atomic mass is 10.2. The number of hydrogen-bond donors (Lipinski definition) is 2. The van der Waals surface area contributed by atoms with Gasteiger partial charge < -0.3 is 0 Å². The van der Waals surface area contributed by atoms with Crippen LogP contribution in [0.2, 0.25) is 0 Å². The van der Waals surface area contributed by atoms with E-state index < -0.39 is 15.8 Å². The molecule has 0 aliphatic rings. The van der Waals surface area contributed by atoms with Gasteiger partial charge in [-0.3, -0.25) is 5.10 Å². The van der Waals surface area contributed by atoms with Crippen LogP contribution in [0, 0.1) is 19.7 Å². The van der Waals surface area contributed by atoms with Crippen molar-refractivity contribution in [2.45, 2.75) is 25.3 Å². The monoisotopic (exact) mass is 283 g/mol. The number of aryl methyl sites for hydroxylation is 2. The Bertz CT molecular complexity index is 658. The predicted octanol–water partition coefficient (Wildman–Crippen LogP) is 1.64. The van der Waals surface area contributed by atoms with Crippen LogP contribution in [-0.4, -0.2) is 18.6 Å². The van der Waals surface area contributed by atoms with E-state index in [1.165, 1.54) is 12.1 Å². The summed E-state index contributed by atoms with van der Waals surface area (Å²) >= 11 is 0. The Hall–Kier alpha value is -1.73. The third kappa shape index (κ3) is 2.99. The van der Waals surface area contributed by atoms with Gasteiger partial charge in [-0.25, -0.2) is 17.5 Å². The van der Waals surface area contributed by atoms with E-state index >= 15 is 0 Å². The molecule has 2 aromatic rings. The number of aromatic nitrogens is 2. The second-order valence-electron chi connectivity index (χ2n) is 4.19. The zero-order valence-corrected chi connectivity index (χ0v) is 11.4. The van der Waals surface area contributed by atoms with Crippen molar-refractivity contribution in [1.29, 1.82) is 0 Å². The molecule has 102 valence electrons. The van der Waals surface area contributed by atoms with Crippen molar-refractivity contribution in [2.75, 3.05) is 0 Å². The van der Waals surface area contributed by atoms with Crippen molar-refractivity contribution in [2.24, 2.45) is 0 Å². The maximum absolute atomic E-state index is 12.8. The normalized spacial score (nSPS) is 11.7. The zero-order chi connectivity index (χ0) is 14.0. The molecule has 2 N–H and O–H groups in total. The van der Waals surface area contributed by atoms with Crippen LogP contribution in [0.4, 0.5) is 4.39 Å². The first-order valence-electron chi connectivity index (χ1n) is 5.66. The molecule has 0 saturated carbocycles. The van der Waals surface area contributed by atoms with Gasteiger partial charge in [0.25, 0.3) is 0 Å². The summed E-state index contributed by atoms with van der Waals surface area (Å²) in [7, 11) is -3.64. The fraction of sp³-hybridized carbons (Fsp3) is 0.250. The third-order valence-electron chi connectivity index (χ3n) is 2.84. The van der Waals surface area contributed by atoms with E-state index in [1.807, 2.05) is 6.92 Å². The molecular weight excluding hydrogens is 269 g/mol. The number of nitrogens with zero attached hydrogens (tertiary/aromatic N) is 1. The standard InChI is InChI=1S/C12H14FN3O2S/c1-8-12(9(2)16-15-8)7-14-19(17,18)11-5-3-10(13)4-6-11/h3-6,14H,7H2,1-2H3,(H,15,16). The van der Waals surface area contributed by atoms with Crippen LogP contribution in [0.1, 0.15) is 17.0 Å². The number of H-pyrrole nitrogens is 1. The summed E-state index contributed by atoms with van der Waals surface area (Å²) in [6.07, 6.45) is 0. The molecule has 1 heterocycles. The van der Waals surface area contributed by atoms with E-state index in [1.54, 1.807) is 6.92 Å². The molecule has 7 heteroatoms. The first-order chi connectivity index (χ1) is 8.90.